The Morgan fingerprint density at radius 2 is 2.17 bits per heavy atom. The highest BCUT2D eigenvalue weighted by atomic mass is 16.5. The summed E-state index contributed by atoms with van der Waals surface area (Å²) < 4.78 is 10.7. The number of aryl methyl sites for hydroxylation is 2. The van der Waals surface area contributed by atoms with E-state index < -0.39 is 0 Å². The third kappa shape index (κ3) is 2.87. The molecule has 5 heteroatoms. The summed E-state index contributed by atoms with van der Waals surface area (Å²) in [6.45, 7) is 4.67. The van der Waals surface area contributed by atoms with E-state index in [0.29, 0.717) is 24.9 Å². The van der Waals surface area contributed by atoms with Crippen molar-refractivity contribution in [2.24, 2.45) is 5.73 Å². The molecule has 0 saturated carbocycles. The number of hydrogen-bond acceptors (Lipinski definition) is 5. The molecule has 5 nitrogen and oxygen atoms in total. The molecular weight excluding hydrogens is 230 g/mol. The summed E-state index contributed by atoms with van der Waals surface area (Å²) >= 11 is 0. The molecule has 1 aromatic carbocycles. The van der Waals surface area contributed by atoms with E-state index in [2.05, 4.69) is 10.1 Å². The van der Waals surface area contributed by atoms with E-state index >= 15 is 0 Å². The van der Waals surface area contributed by atoms with E-state index in [-0.39, 0.29) is 0 Å². The normalized spacial score (nSPS) is 10.6. The Balaban J connectivity index is 2.12. The predicted molar refractivity (Wildman–Crippen MR) is 67.3 cm³/mol. The Hall–Kier alpha value is -1.88. The Kier molecular flexibility index (Phi) is 3.94. The average molecular weight is 247 g/mol. The fraction of sp³-hybridized carbons (Fsp3) is 0.385. The Bertz CT molecular complexity index is 523. The van der Waals surface area contributed by atoms with Crippen LogP contribution in [-0.2, 0) is 13.0 Å². The van der Waals surface area contributed by atoms with Crippen molar-refractivity contribution in [2.75, 3.05) is 6.54 Å². The molecule has 1 aromatic heterocycles. The first-order valence-electron chi connectivity index (χ1n) is 5.91. The second-order valence-corrected chi connectivity index (χ2v) is 4.12. The number of para-hydroxylation sites is 1. The number of ether oxygens (including phenoxy) is 1. The van der Waals surface area contributed by atoms with Gasteiger partial charge in [-0.25, -0.2) is 0 Å². The zero-order valence-corrected chi connectivity index (χ0v) is 10.6. The second kappa shape index (κ2) is 5.64. The number of nitrogens with zero attached hydrogens (tertiary/aromatic N) is 2. The highest BCUT2D eigenvalue weighted by Gasteiger charge is 2.09. The van der Waals surface area contributed by atoms with Crippen LogP contribution >= 0.6 is 0 Å². The van der Waals surface area contributed by atoms with Crippen LogP contribution in [0.15, 0.2) is 22.7 Å². The van der Waals surface area contributed by atoms with Gasteiger partial charge in [-0.1, -0.05) is 23.4 Å². The van der Waals surface area contributed by atoms with E-state index in [1.165, 1.54) is 0 Å². The molecule has 0 unspecified atom stereocenters. The quantitative estimate of drug-likeness (QED) is 0.871. The summed E-state index contributed by atoms with van der Waals surface area (Å²) in [5.41, 5.74) is 7.79. The first kappa shape index (κ1) is 12.6. The van der Waals surface area contributed by atoms with E-state index in [9.17, 15) is 0 Å². The van der Waals surface area contributed by atoms with Crippen LogP contribution in [-0.4, -0.2) is 16.7 Å². The van der Waals surface area contributed by atoms with Crippen molar-refractivity contribution in [3.63, 3.8) is 0 Å². The maximum atomic E-state index is 5.78. The van der Waals surface area contributed by atoms with Gasteiger partial charge in [0.15, 0.2) is 6.61 Å². The highest BCUT2D eigenvalue weighted by Crippen LogP contribution is 2.24. The molecule has 0 aliphatic carbocycles. The number of nitrogens with two attached hydrogens (primary N) is 1. The van der Waals surface area contributed by atoms with Gasteiger partial charge in [-0.05, 0) is 31.0 Å². The molecule has 18 heavy (non-hydrogen) atoms. The molecular formula is C13H17N3O2. The third-order valence-electron chi connectivity index (χ3n) is 2.62. The number of rotatable bonds is 5. The molecule has 2 N–H and O–H groups in total. The summed E-state index contributed by atoms with van der Waals surface area (Å²) in [5, 5.41) is 3.80. The molecule has 0 saturated heterocycles. The molecule has 2 rings (SSSR count). The fourth-order valence-electron chi connectivity index (χ4n) is 1.81. The molecule has 0 radical (unpaired) electrons. The van der Waals surface area contributed by atoms with E-state index in [0.717, 1.165) is 23.3 Å². The molecule has 0 amide bonds. The van der Waals surface area contributed by atoms with E-state index in [4.69, 9.17) is 15.0 Å². The van der Waals surface area contributed by atoms with Gasteiger partial charge in [0.05, 0.1) is 0 Å². The lowest BCUT2D eigenvalue weighted by atomic mass is 10.1. The second-order valence-electron chi connectivity index (χ2n) is 4.12. The minimum Gasteiger partial charge on any atom is -0.485 e. The van der Waals surface area contributed by atoms with Crippen molar-refractivity contribution in [3.05, 3.63) is 41.0 Å². The van der Waals surface area contributed by atoms with Gasteiger partial charge in [0, 0.05) is 6.92 Å². The van der Waals surface area contributed by atoms with Crippen LogP contribution in [0.3, 0.4) is 0 Å². The van der Waals surface area contributed by atoms with Crippen LogP contribution in [0.2, 0.25) is 0 Å². The zero-order valence-electron chi connectivity index (χ0n) is 10.6. The molecule has 2 aromatic rings. The summed E-state index contributed by atoms with van der Waals surface area (Å²) in [6.07, 6.45) is 0.794. The fourth-order valence-corrected chi connectivity index (χ4v) is 1.81. The van der Waals surface area contributed by atoms with Crippen molar-refractivity contribution < 1.29 is 9.26 Å². The Morgan fingerprint density at radius 3 is 2.83 bits per heavy atom. The van der Waals surface area contributed by atoms with Crippen LogP contribution < -0.4 is 10.5 Å². The largest absolute Gasteiger partial charge is 0.485 e. The first-order chi connectivity index (χ1) is 8.70. The zero-order chi connectivity index (χ0) is 13.0. The molecule has 0 spiro atoms. The average Bonchev–Trinajstić information content (AvgIpc) is 2.75. The van der Waals surface area contributed by atoms with Crippen LogP contribution in [0.1, 0.15) is 22.8 Å². The lowest BCUT2D eigenvalue weighted by Gasteiger charge is -2.12. The number of benzene rings is 1. The lowest BCUT2D eigenvalue weighted by Crippen LogP contribution is -2.07. The van der Waals surface area contributed by atoms with Gasteiger partial charge in [-0.3, -0.25) is 0 Å². The smallest absolute Gasteiger partial charge is 0.223 e. The lowest BCUT2D eigenvalue weighted by molar-refractivity contribution is 0.281. The van der Waals surface area contributed by atoms with Crippen molar-refractivity contribution in [1.82, 2.24) is 10.1 Å². The maximum absolute atomic E-state index is 5.78. The number of aromatic nitrogens is 2. The van der Waals surface area contributed by atoms with Crippen LogP contribution in [0.25, 0.3) is 0 Å². The topological polar surface area (TPSA) is 74.2 Å². The van der Waals surface area contributed by atoms with Gasteiger partial charge in [0.2, 0.25) is 11.7 Å². The third-order valence-corrected chi connectivity index (χ3v) is 2.62. The SMILES string of the molecule is Cc1nc(COc2c(C)cccc2CCN)no1. The van der Waals surface area contributed by atoms with Gasteiger partial charge in [0.1, 0.15) is 5.75 Å². The summed E-state index contributed by atoms with van der Waals surface area (Å²) in [5.74, 6) is 1.96. The standard InChI is InChI=1S/C13H17N3O2/c1-9-4-3-5-11(6-7-14)13(9)17-8-12-15-10(2)18-16-12/h3-5H,6-8,14H2,1-2H3. The van der Waals surface area contributed by atoms with Gasteiger partial charge >= 0.3 is 0 Å². The van der Waals surface area contributed by atoms with Crippen molar-refractivity contribution in [2.45, 2.75) is 26.9 Å². The van der Waals surface area contributed by atoms with Crippen LogP contribution in [0, 0.1) is 13.8 Å². The minimum atomic E-state index is 0.305. The van der Waals surface area contributed by atoms with E-state index in [1.807, 2.05) is 25.1 Å². The van der Waals surface area contributed by atoms with Crippen molar-refractivity contribution in [3.8, 4) is 5.75 Å². The van der Waals surface area contributed by atoms with Gasteiger partial charge in [-0.2, -0.15) is 4.98 Å². The molecule has 0 aliphatic heterocycles. The van der Waals surface area contributed by atoms with Crippen LogP contribution in [0.5, 0.6) is 5.75 Å². The summed E-state index contributed by atoms with van der Waals surface area (Å²) in [6, 6.07) is 6.04. The summed E-state index contributed by atoms with van der Waals surface area (Å²) in [4.78, 5) is 4.10. The molecule has 0 fully saturated rings. The van der Waals surface area contributed by atoms with Crippen molar-refractivity contribution >= 4 is 0 Å². The molecule has 0 bridgehead atoms. The van der Waals surface area contributed by atoms with Gasteiger partial charge in [0.25, 0.3) is 0 Å². The highest BCUT2D eigenvalue weighted by molar-refractivity contribution is 5.40. The Morgan fingerprint density at radius 1 is 1.33 bits per heavy atom. The molecule has 96 valence electrons. The van der Waals surface area contributed by atoms with Crippen molar-refractivity contribution in [1.29, 1.82) is 0 Å². The molecule has 0 atom stereocenters. The molecule has 1 heterocycles. The van der Waals surface area contributed by atoms with Gasteiger partial charge < -0.3 is 15.0 Å². The Labute approximate surface area is 106 Å². The predicted octanol–water partition coefficient (Wildman–Crippen LogP) is 1.77. The first-order valence-corrected chi connectivity index (χ1v) is 5.91. The van der Waals surface area contributed by atoms with Gasteiger partial charge in [-0.15, -0.1) is 0 Å². The maximum Gasteiger partial charge on any atom is 0.223 e. The van der Waals surface area contributed by atoms with Crippen LogP contribution in [0.4, 0.5) is 0 Å². The molecule has 0 aliphatic rings. The minimum absolute atomic E-state index is 0.305. The number of hydrogen-bond donors (Lipinski definition) is 1. The summed E-state index contributed by atoms with van der Waals surface area (Å²) in [7, 11) is 0. The monoisotopic (exact) mass is 247 g/mol. The van der Waals surface area contributed by atoms with E-state index in [1.54, 1.807) is 6.92 Å².